The van der Waals surface area contributed by atoms with Crippen molar-refractivity contribution in [3.63, 3.8) is 0 Å². The molecule has 1 aromatic heterocycles. The molecule has 0 aliphatic heterocycles. The molecule has 0 N–H and O–H groups in total. The van der Waals surface area contributed by atoms with Gasteiger partial charge in [0, 0.05) is 5.92 Å². The van der Waals surface area contributed by atoms with Crippen LogP contribution in [-0.4, -0.2) is 9.97 Å². The Kier molecular flexibility index (Phi) is 3.95. The molecule has 0 spiro atoms. The fourth-order valence-corrected chi connectivity index (χ4v) is 3.45. The number of halogens is 2. The second kappa shape index (κ2) is 5.71. The first kappa shape index (κ1) is 13.8. The summed E-state index contributed by atoms with van der Waals surface area (Å²) in [6.45, 7) is 2.04. The molecule has 0 amide bonds. The van der Waals surface area contributed by atoms with E-state index in [1.807, 2.05) is 31.2 Å². The van der Waals surface area contributed by atoms with Crippen molar-refractivity contribution in [1.29, 1.82) is 0 Å². The third kappa shape index (κ3) is 2.68. The van der Waals surface area contributed by atoms with E-state index in [-0.39, 0.29) is 0 Å². The highest BCUT2D eigenvalue weighted by atomic mass is 35.5. The first-order valence-corrected chi connectivity index (χ1v) is 7.70. The Balaban J connectivity index is 2.04. The largest absolute Gasteiger partial charge is 0.220 e. The molecule has 1 aliphatic carbocycles. The molecule has 1 heterocycles. The Morgan fingerprint density at radius 1 is 1.05 bits per heavy atom. The van der Waals surface area contributed by atoms with Crippen molar-refractivity contribution in [2.24, 2.45) is 0 Å². The van der Waals surface area contributed by atoms with Crippen LogP contribution in [0.2, 0.25) is 10.3 Å². The van der Waals surface area contributed by atoms with E-state index >= 15 is 0 Å². The van der Waals surface area contributed by atoms with Gasteiger partial charge < -0.3 is 0 Å². The number of rotatable bonds is 2. The molecule has 2 aromatic rings. The van der Waals surface area contributed by atoms with E-state index in [1.54, 1.807) is 0 Å². The summed E-state index contributed by atoms with van der Waals surface area (Å²) in [5, 5.41) is 0.912. The average molecular weight is 307 g/mol. The van der Waals surface area contributed by atoms with Crippen LogP contribution < -0.4 is 0 Å². The van der Waals surface area contributed by atoms with Crippen molar-refractivity contribution >= 4 is 23.2 Å². The zero-order valence-corrected chi connectivity index (χ0v) is 12.9. The second-order valence-electron chi connectivity index (χ2n) is 5.39. The lowest BCUT2D eigenvalue weighted by Crippen LogP contribution is -2.02. The predicted molar refractivity (Wildman–Crippen MR) is 83.4 cm³/mol. The summed E-state index contributed by atoms with van der Waals surface area (Å²) in [4.78, 5) is 8.98. The molecule has 20 heavy (non-hydrogen) atoms. The first-order valence-electron chi connectivity index (χ1n) is 6.95. The highest BCUT2D eigenvalue weighted by Crippen LogP contribution is 2.37. The molecule has 1 aromatic carbocycles. The molecule has 0 atom stereocenters. The third-order valence-corrected chi connectivity index (χ3v) is 4.41. The summed E-state index contributed by atoms with van der Waals surface area (Å²) in [6.07, 6.45) is 4.75. The Labute approximate surface area is 129 Å². The topological polar surface area (TPSA) is 25.8 Å². The summed E-state index contributed by atoms with van der Waals surface area (Å²) in [5.41, 5.74) is 2.87. The zero-order valence-electron chi connectivity index (χ0n) is 11.4. The van der Waals surface area contributed by atoms with Gasteiger partial charge in [0.15, 0.2) is 0 Å². The van der Waals surface area contributed by atoms with Crippen molar-refractivity contribution in [1.82, 2.24) is 9.97 Å². The van der Waals surface area contributed by atoms with E-state index in [0.29, 0.717) is 16.2 Å². The normalized spacial score (nSPS) is 15.8. The number of aromatic nitrogens is 2. The molecule has 0 saturated heterocycles. The minimum Gasteiger partial charge on any atom is -0.220 e. The smallest absolute Gasteiger partial charge is 0.142 e. The molecule has 2 nitrogen and oxygen atoms in total. The van der Waals surface area contributed by atoms with Crippen LogP contribution in [0.3, 0.4) is 0 Å². The highest BCUT2D eigenvalue weighted by molar-refractivity contribution is 6.37. The Hall–Kier alpha value is -1.12. The van der Waals surface area contributed by atoms with E-state index in [2.05, 4.69) is 9.97 Å². The second-order valence-corrected chi connectivity index (χ2v) is 6.11. The minimum absolute atomic E-state index is 0.413. The van der Waals surface area contributed by atoms with Crippen molar-refractivity contribution in [3.05, 3.63) is 46.0 Å². The van der Waals surface area contributed by atoms with E-state index in [0.717, 1.165) is 35.4 Å². The molecule has 1 fully saturated rings. The van der Waals surface area contributed by atoms with Gasteiger partial charge in [0.25, 0.3) is 0 Å². The maximum absolute atomic E-state index is 6.36. The van der Waals surface area contributed by atoms with E-state index in [4.69, 9.17) is 23.2 Å². The van der Waals surface area contributed by atoms with Gasteiger partial charge in [0.2, 0.25) is 0 Å². The first-order chi connectivity index (χ1) is 9.65. The van der Waals surface area contributed by atoms with Crippen LogP contribution in [0, 0.1) is 6.92 Å². The monoisotopic (exact) mass is 306 g/mol. The molecule has 0 bridgehead atoms. The van der Waals surface area contributed by atoms with Gasteiger partial charge in [-0.05, 0) is 25.3 Å². The van der Waals surface area contributed by atoms with Crippen molar-refractivity contribution in [2.75, 3.05) is 0 Å². The summed E-state index contributed by atoms with van der Waals surface area (Å²) >= 11 is 12.7. The van der Waals surface area contributed by atoms with Crippen molar-refractivity contribution in [3.8, 4) is 11.1 Å². The lowest BCUT2D eigenvalue weighted by Gasteiger charge is -2.12. The van der Waals surface area contributed by atoms with Crippen LogP contribution in [0.4, 0.5) is 0 Å². The van der Waals surface area contributed by atoms with Crippen LogP contribution in [0.1, 0.15) is 43.0 Å². The number of hydrogen-bond donors (Lipinski definition) is 0. The van der Waals surface area contributed by atoms with Crippen LogP contribution >= 0.6 is 23.2 Å². The fraction of sp³-hybridized carbons (Fsp3) is 0.375. The Morgan fingerprint density at radius 2 is 1.70 bits per heavy atom. The van der Waals surface area contributed by atoms with Gasteiger partial charge in [-0.1, -0.05) is 65.9 Å². The van der Waals surface area contributed by atoms with Gasteiger partial charge in [-0.25, -0.2) is 9.97 Å². The van der Waals surface area contributed by atoms with Crippen molar-refractivity contribution in [2.45, 2.75) is 38.5 Å². The lowest BCUT2D eigenvalue weighted by atomic mass is 10.1. The molecule has 104 valence electrons. The van der Waals surface area contributed by atoms with Crippen molar-refractivity contribution < 1.29 is 0 Å². The summed E-state index contributed by atoms with van der Waals surface area (Å²) in [6, 6.07) is 8.06. The van der Waals surface area contributed by atoms with Crippen LogP contribution in [0.25, 0.3) is 11.1 Å². The maximum Gasteiger partial charge on any atom is 0.142 e. The molecule has 1 saturated carbocycles. The maximum atomic E-state index is 6.36. The lowest BCUT2D eigenvalue weighted by molar-refractivity contribution is 0.668. The molecule has 0 radical (unpaired) electrons. The predicted octanol–water partition coefficient (Wildman–Crippen LogP) is 5.42. The SMILES string of the molecule is Cc1cccc(-c2c(Cl)nc(C3CCCC3)nc2Cl)c1. The number of benzene rings is 1. The van der Waals surface area contributed by atoms with Gasteiger partial charge in [-0.15, -0.1) is 0 Å². The van der Waals surface area contributed by atoms with Gasteiger partial charge >= 0.3 is 0 Å². The number of hydrogen-bond acceptors (Lipinski definition) is 2. The van der Waals surface area contributed by atoms with Gasteiger partial charge in [0.05, 0.1) is 5.56 Å². The molecular weight excluding hydrogens is 291 g/mol. The zero-order chi connectivity index (χ0) is 14.1. The van der Waals surface area contributed by atoms with Crippen LogP contribution in [-0.2, 0) is 0 Å². The van der Waals surface area contributed by atoms with Crippen LogP contribution in [0.15, 0.2) is 24.3 Å². The highest BCUT2D eigenvalue weighted by Gasteiger charge is 2.22. The Bertz CT molecular complexity index is 611. The Morgan fingerprint density at radius 3 is 2.30 bits per heavy atom. The van der Waals surface area contributed by atoms with Crippen LogP contribution in [0.5, 0.6) is 0 Å². The van der Waals surface area contributed by atoms with E-state index in [1.165, 1.54) is 12.8 Å². The summed E-state index contributed by atoms with van der Waals surface area (Å²) < 4.78 is 0. The van der Waals surface area contributed by atoms with Gasteiger partial charge in [-0.2, -0.15) is 0 Å². The fourth-order valence-electron chi connectivity index (χ4n) is 2.83. The molecule has 4 heteroatoms. The molecule has 1 aliphatic rings. The van der Waals surface area contributed by atoms with E-state index in [9.17, 15) is 0 Å². The van der Waals surface area contributed by atoms with Gasteiger partial charge in [0.1, 0.15) is 16.1 Å². The summed E-state index contributed by atoms with van der Waals surface area (Å²) in [5.74, 6) is 1.21. The minimum atomic E-state index is 0.413. The standard InChI is InChI=1S/C16H16Cl2N2/c1-10-5-4-8-12(9-10)13-14(17)19-16(20-15(13)18)11-6-2-3-7-11/h4-5,8-9,11H,2-3,6-7H2,1H3. The van der Waals surface area contributed by atoms with Gasteiger partial charge in [-0.3, -0.25) is 0 Å². The third-order valence-electron chi connectivity index (χ3n) is 3.87. The average Bonchev–Trinajstić information content (AvgIpc) is 2.91. The molecular formula is C16H16Cl2N2. The number of nitrogens with zero attached hydrogens (tertiary/aromatic N) is 2. The molecule has 0 unspecified atom stereocenters. The quantitative estimate of drug-likeness (QED) is 0.693. The number of aryl methyl sites for hydroxylation is 1. The summed E-state index contributed by atoms with van der Waals surface area (Å²) in [7, 11) is 0. The van der Waals surface area contributed by atoms with E-state index < -0.39 is 0 Å². The molecule has 3 rings (SSSR count).